The van der Waals surface area contributed by atoms with Crippen LogP contribution in [0.5, 0.6) is 0 Å². The van der Waals surface area contributed by atoms with Crippen LogP contribution >= 0.6 is 0 Å². The van der Waals surface area contributed by atoms with Gasteiger partial charge in [0.05, 0.1) is 5.97 Å². The molecule has 0 amide bonds. The van der Waals surface area contributed by atoms with Gasteiger partial charge in [0.1, 0.15) is 0 Å². The van der Waals surface area contributed by atoms with Gasteiger partial charge in [0.25, 0.3) is 0 Å². The smallest absolute Gasteiger partial charge is 0.779 e. The molecule has 1 aromatic rings. The van der Waals surface area contributed by atoms with Crippen LogP contribution in [0.25, 0.3) is 0 Å². The van der Waals surface area contributed by atoms with Crippen molar-refractivity contribution in [3.63, 3.8) is 0 Å². The molecule has 14 heavy (non-hydrogen) atoms. The van der Waals surface area contributed by atoms with E-state index in [-0.39, 0.29) is 62.8 Å². The first-order valence-corrected chi connectivity index (χ1v) is 4.10. The Labute approximate surface area is 133 Å². The summed E-state index contributed by atoms with van der Waals surface area (Å²) in [5, 5.41) is 10.2. The molecule has 0 saturated heterocycles. The largest absolute Gasteiger partial charge is 1.00 e. The number of benzene rings is 1. The maximum Gasteiger partial charge on any atom is 1.00 e. The molecule has 0 atom stereocenters. The number of carbonyl (C=O) groups is 1. The Morgan fingerprint density at radius 3 is 2.00 bits per heavy atom. The molecule has 67 valence electrons. The van der Waals surface area contributed by atoms with Crippen molar-refractivity contribution < 1.29 is 67.1 Å². The molecule has 0 aliphatic rings. The predicted octanol–water partition coefficient (Wildman–Crippen LogP) is -2.02. The van der Waals surface area contributed by atoms with Crippen molar-refractivity contribution in [1.82, 2.24) is 0 Å². The summed E-state index contributed by atoms with van der Waals surface area (Å²) in [7, 11) is 0. The third kappa shape index (κ3) is 7.18. The van der Waals surface area contributed by atoms with Crippen LogP contribution in [0.1, 0.15) is 24.2 Å². The van der Waals surface area contributed by atoms with Crippen molar-refractivity contribution in [2.75, 3.05) is 0 Å². The molecule has 0 aromatic heterocycles. The number of hydrogen-bond donors (Lipinski definition) is 0. The van der Waals surface area contributed by atoms with Crippen LogP contribution in [-0.2, 0) is 40.3 Å². The third-order valence-corrected chi connectivity index (χ3v) is 1.46. The molecule has 0 fully saturated rings. The molecule has 2 nitrogen and oxygen atoms in total. The summed E-state index contributed by atoms with van der Waals surface area (Å²) in [5.74, 6) is -1.22. The molecule has 1 radical (unpaired) electrons. The van der Waals surface area contributed by atoms with E-state index in [1.165, 1.54) is 6.07 Å². The molecule has 0 spiro atoms. The van der Waals surface area contributed by atoms with Crippen LogP contribution in [0.4, 0.5) is 0 Å². The number of aromatic carboxylic acids is 1. The van der Waals surface area contributed by atoms with Gasteiger partial charge in [-0.2, -0.15) is 4.90 Å². The second-order valence-electron chi connectivity index (χ2n) is 1.78. The van der Waals surface area contributed by atoms with Crippen LogP contribution in [0, 0.1) is 0 Å². The molecule has 0 heterocycles. The quantitative estimate of drug-likeness (QED) is 0.400. The van der Waals surface area contributed by atoms with Crippen LogP contribution < -0.4 is 34.7 Å². The van der Waals surface area contributed by atoms with Gasteiger partial charge in [0, 0.05) is 0 Å². The second kappa shape index (κ2) is 11.9. The topological polar surface area (TPSA) is 40.1 Å². The Balaban J connectivity index is -0.000000284. The normalized spacial score (nSPS) is 7.00. The Bertz CT molecular complexity index is 269. The fourth-order valence-corrected chi connectivity index (χ4v) is 0.865. The first-order valence-electron chi connectivity index (χ1n) is 3.69. The minimum atomic E-state index is -1.22. The van der Waals surface area contributed by atoms with Crippen LogP contribution in [0.3, 0.4) is 0 Å². The second-order valence-corrected chi connectivity index (χ2v) is 2.22. The molecular formula is C9H10HgNaO2S. The van der Waals surface area contributed by atoms with Gasteiger partial charge >= 0.3 is 57.2 Å². The SMILES string of the molecule is CC.O=C([O-])c1ccccc1[S-].[Hg+].[Na+]. The first-order chi connectivity index (χ1) is 5.72. The molecule has 0 N–H and O–H groups in total. The van der Waals surface area contributed by atoms with Crippen LogP contribution in [0.15, 0.2) is 29.2 Å². The van der Waals surface area contributed by atoms with Crippen molar-refractivity contribution in [2.24, 2.45) is 0 Å². The Morgan fingerprint density at radius 2 is 1.71 bits per heavy atom. The summed E-state index contributed by atoms with van der Waals surface area (Å²) in [5.41, 5.74) is 0.0810. The summed E-state index contributed by atoms with van der Waals surface area (Å²) in [4.78, 5) is 10.6. The minimum absolute atomic E-state index is 0. The van der Waals surface area contributed by atoms with Crippen molar-refractivity contribution in [3.05, 3.63) is 29.8 Å². The van der Waals surface area contributed by atoms with Crippen molar-refractivity contribution >= 4 is 18.6 Å². The fraction of sp³-hybridized carbons (Fsp3) is 0.222. The Kier molecular flexibility index (Phi) is 17.3. The van der Waals surface area contributed by atoms with Gasteiger partial charge in [-0.15, -0.1) is 0 Å². The van der Waals surface area contributed by atoms with Crippen LogP contribution in [-0.4, -0.2) is 5.97 Å². The van der Waals surface area contributed by atoms with Crippen molar-refractivity contribution in [3.8, 4) is 0 Å². The standard InChI is InChI=1S/C7H6O2S.C2H6.Hg.Na/c8-7(9)5-3-1-2-4-6(5)10;1-2;;/h1-4,10H,(H,8,9);1-2H3;;/q;;2*+1/p-2. The van der Waals surface area contributed by atoms with E-state index in [0.717, 1.165) is 0 Å². The summed E-state index contributed by atoms with van der Waals surface area (Å²) in [6.45, 7) is 4.00. The van der Waals surface area contributed by atoms with Crippen molar-refractivity contribution in [1.29, 1.82) is 0 Å². The predicted molar refractivity (Wildman–Crippen MR) is 47.8 cm³/mol. The van der Waals surface area contributed by atoms with Gasteiger partial charge in [0.2, 0.25) is 0 Å². The molecule has 0 aliphatic carbocycles. The van der Waals surface area contributed by atoms with Gasteiger partial charge in [0.15, 0.2) is 0 Å². The molecule has 5 heteroatoms. The van der Waals surface area contributed by atoms with Crippen LogP contribution in [0.2, 0.25) is 0 Å². The van der Waals surface area contributed by atoms with E-state index in [9.17, 15) is 9.90 Å². The van der Waals surface area contributed by atoms with E-state index in [0.29, 0.717) is 4.90 Å². The summed E-state index contributed by atoms with van der Waals surface area (Å²) in [6, 6.07) is 6.29. The van der Waals surface area contributed by atoms with E-state index in [1.54, 1.807) is 18.2 Å². The van der Waals surface area contributed by atoms with E-state index in [2.05, 4.69) is 0 Å². The van der Waals surface area contributed by atoms with E-state index in [1.807, 2.05) is 13.8 Å². The molecular weight excluding hydrogens is 396 g/mol. The third-order valence-electron chi connectivity index (χ3n) is 1.11. The minimum Gasteiger partial charge on any atom is -0.779 e. The summed E-state index contributed by atoms with van der Waals surface area (Å²) < 4.78 is 0. The fourth-order valence-electron chi connectivity index (χ4n) is 0.635. The average molecular weight is 406 g/mol. The average Bonchev–Trinajstić information content (AvgIpc) is 2.08. The van der Waals surface area contributed by atoms with E-state index in [4.69, 9.17) is 12.6 Å². The van der Waals surface area contributed by atoms with Gasteiger partial charge in [-0.25, -0.2) is 0 Å². The molecule has 0 unspecified atom stereocenters. The zero-order valence-corrected chi connectivity index (χ0v) is 17.1. The zero-order chi connectivity index (χ0) is 9.56. The Hall–Kier alpha value is 0.845. The maximum atomic E-state index is 10.2. The first kappa shape index (κ1) is 20.3. The number of rotatable bonds is 1. The molecule has 0 aliphatic heterocycles. The summed E-state index contributed by atoms with van der Waals surface area (Å²) >= 11 is 4.71. The molecule has 0 bridgehead atoms. The van der Waals surface area contributed by atoms with Crippen molar-refractivity contribution in [2.45, 2.75) is 18.7 Å². The maximum absolute atomic E-state index is 10.2. The van der Waals surface area contributed by atoms with E-state index >= 15 is 0 Å². The molecule has 1 aromatic carbocycles. The van der Waals surface area contributed by atoms with Gasteiger partial charge in [-0.05, 0) is 5.56 Å². The molecule has 0 saturated carbocycles. The van der Waals surface area contributed by atoms with Gasteiger partial charge < -0.3 is 22.5 Å². The van der Waals surface area contributed by atoms with E-state index < -0.39 is 5.97 Å². The number of carboxylic acid groups (broad SMARTS) is 1. The number of hydrogen-bond acceptors (Lipinski definition) is 3. The number of carboxylic acids is 1. The Morgan fingerprint density at radius 1 is 1.29 bits per heavy atom. The van der Waals surface area contributed by atoms with Gasteiger partial charge in [-0.1, -0.05) is 38.1 Å². The monoisotopic (exact) mass is 407 g/mol. The zero-order valence-electron chi connectivity index (χ0n) is 8.74. The number of carbonyl (C=O) groups excluding carboxylic acids is 1. The summed E-state index contributed by atoms with van der Waals surface area (Å²) in [6.07, 6.45) is 0. The molecule has 1 rings (SSSR count). The van der Waals surface area contributed by atoms with Gasteiger partial charge in [-0.3, -0.25) is 0 Å².